The van der Waals surface area contributed by atoms with Gasteiger partial charge < -0.3 is 20.1 Å². The van der Waals surface area contributed by atoms with Crippen molar-refractivity contribution in [2.45, 2.75) is 20.3 Å². The van der Waals surface area contributed by atoms with E-state index in [4.69, 9.17) is 9.84 Å². The molecule has 20 heavy (non-hydrogen) atoms. The average molecular weight is 276 g/mol. The first-order valence-corrected chi connectivity index (χ1v) is 6.33. The van der Waals surface area contributed by atoms with E-state index in [1.807, 2.05) is 6.92 Å². The maximum absolute atomic E-state index is 9.30. The van der Waals surface area contributed by atoms with Crippen molar-refractivity contribution in [3.05, 3.63) is 47.5 Å². The third-order valence-electron chi connectivity index (χ3n) is 2.97. The number of ether oxygens (including phenoxy) is 1. The summed E-state index contributed by atoms with van der Waals surface area (Å²) >= 11 is 0. The number of methoxy groups -OCH3 is 1. The van der Waals surface area contributed by atoms with Crippen molar-refractivity contribution in [3.8, 4) is 23.0 Å². The van der Waals surface area contributed by atoms with E-state index in [-0.39, 0.29) is 17.2 Å². The van der Waals surface area contributed by atoms with Crippen LogP contribution in [-0.2, 0) is 6.42 Å². The van der Waals surface area contributed by atoms with Crippen molar-refractivity contribution < 1.29 is 20.1 Å². The normalized spacial score (nSPS) is 9.55. The van der Waals surface area contributed by atoms with Crippen molar-refractivity contribution in [2.75, 3.05) is 7.11 Å². The Morgan fingerprint density at radius 1 is 0.900 bits per heavy atom. The fraction of sp³-hybridized carbons (Fsp3) is 0.250. The van der Waals surface area contributed by atoms with Gasteiger partial charge in [-0.15, -0.1) is 0 Å². The second kappa shape index (κ2) is 7.28. The molecule has 4 nitrogen and oxygen atoms in total. The number of phenolic OH excluding ortho intramolecular Hbond substituents is 3. The summed E-state index contributed by atoms with van der Waals surface area (Å²) in [6.45, 7) is 3.75. The molecule has 0 bridgehead atoms. The molecular weight excluding hydrogens is 256 g/mol. The summed E-state index contributed by atoms with van der Waals surface area (Å²) in [5.74, 6) is 1.53. The Morgan fingerprint density at radius 3 is 1.90 bits per heavy atom. The first-order chi connectivity index (χ1) is 9.49. The van der Waals surface area contributed by atoms with Gasteiger partial charge in [-0.05, 0) is 55.3 Å². The molecule has 4 heteroatoms. The van der Waals surface area contributed by atoms with E-state index in [2.05, 4.69) is 0 Å². The number of aromatic hydroxyl groups is 3. The molecule has 0 heterocycles. The Balaban J connectivity index is 0.000000204. The highest BCUT2D eigenvalue weighted by molar-refractivity contribution is 5.46. The van der Waals surface area contributed by atoms with Crippen LogP contribution in [0.15, 0.2) is 36.4 Å². The molecule has 108 valence electrons. The standard InChI is InChI=1S/C9H12O2.C7H8O2/c1-3-7-6(2)8(10)4-5-9(7)11;1-9-7-4-2-6(8)3-5-7/h4-5,10-11H,3H2,1-2H3;2-5,8H,1H3. The predicted octanol–water partition coefficient (Wildman–Crippen LogP) is 3.37. The SMILES string of the molecule is CCc1c(O)ccc(O)c1C.COc1ccc(O)cc1. The molecule has 2 rings (SSSR count). The highest BCUT2D eigenvalue weighted by Crippen LogP contribution is 2.27. The number of hydrogen-bond acceptors (Lipinski definition) is 4. The van der Waals surface area contributed by atoms with Gasteiger partial charge in [-0.25, -0.2) is 0 Å². The minimum atomic E-state index is 0.250. The van der Waals surface area contributed by atoms with Gasteiger partial charge in [0.2, 0.25) is 0 Å². The number of rotatable bonds is 2. The van der Waals surface area contributed by atoms with Crippen LogP contribution in [0.25, 0.3) is 0 Å². The number of hydrogen-bond donors (Lipinski definition) is 3. The Labute approximate surface area is 118 Å². The molecule has 0 aliphatic heterocycles. The van der Waals surface area contributed by atoms with Gasteiger partial charge in [0, 0.05) is 5.56 Å². The van der Waals surface area contributed by atoms with Gasteiger partial charge in [-0.3, -0.25) is 0 Å². The van der Waals surface area contributed by atoms with Crippen LogP contribution in [0.3, 0.4) is 0 Å². The lowest BCUT2D eigenvalue weighted by atomic mass is 10.0. The summed E-state index contributed by atoms with van der Waals surface area (Å²) in [7, 11) is 1.59. The van der Waals surface area contributed by atoms with Crippen LogP contribution >= 0.6 is 0 Å². The summed E-state index contributed by atoms with van der Waals surface area (Å²) in [4.78, 5) is 0. The predicted molar refractivity (Wildman–Crippen MR) is 78.5 cm³/mol. The molecule has 0 unspecified atom stereocenters. The van der Waals surface area contributed by atoms with Crippen LogP contribution in [0.2, 0.25) is 0 Å². The van der Waals surface area contributed by atoms with Crippen molar-refractivity contribution in [3.63, 3.8) is 0 Å². The van der Waals surface area contributed by atoms with E-state index in [9.17, 15) is 10.2 Å². The smallest absolute Gasteiger partial charge is 0.119 e. The van der Waals surface area contributed by atoms with Gasteiger partial charge in [0.05, 0.1) is 7.11 Å². The van der Waals surface area contributed by atoms with Crippen LogP contribution in [0, 0.1) is 6.92 Å². The van der Waals surface area contributed by atoms with E-state index in [1.165, 1.54) is 12.1 Å². The Hall–Kier alpha value is -2.36. The number of phenols is 3. The van der Waals surface area contributed by atoms with E-state index in [1.54, 1.807) is 38.3 Å². The third kappa shape index (κ3) is 4.09. The zero-order valence-corrected chi connectivity index (χ0v) is 11.9. The van der Waals surface area contributed by atoms with Crippen molar-refractivity contribution >= 4 is 0 Å². The summed E-state index contributed by atoms with van der Waals surface area (Å²) in [6, 6.07) is 9.59. The minimum absolute atomic E-state index is 0.250. The van der Waals surface area contributed by atoms with Gasteiger partial charge >= 0.3 is 0 Å². The molecule has 0 saturated heterocycles. The van der Waals surface area contributed by atoms with Gasteiger partial charge in [0.1, 0.15) is 23.0 Å². The lowest BCUT2D eigenvalue weighted by Gasteiger charge is -2.06. The first-order valence-electron chi connectivity index (χ1n) is 6.33. The average Bonchev–Trinajstić information content (AvgIpc) is 2.45. The Morgan fingerprint density at radius 2 is 1.45 bits per heavy atom. The molecule has 0 atom stereocenters. The summed E-state index contributed by atoms with van der Waals surface area (Å²) < 4.78 is 4.86. The molecule has 0 spiro atoms. The van der Waals surface area contributed by atoms with Crippen molar-refractivity contribution in [1.82, 2.24) is 0 Å². The molecule has 3 N–H and O–H groups in total. The molecular formula is C16H20O4. The Bertz CT molecular complexity index is 547. The van der Waals surface area contributed by atoms with Crippen molar-refractivity contribution in [2.24, 2.45) is 0 Å². The molecule has 2 aromatic rings. The van der Waals surface area contributed by atoms with Crippen LogP contribution in [0.5, 0.6) is 23.0 Å². The first kappa shape index (κ1) is 15.7. The van der Waals surface area contributed by atoms with Gasteiger partial charge in [-0.2, -0.15) is 0 Å². The topological polar surface area (TPSA) is 69.9 Å². The zero-order valence-electron chi connectivity index (χ0n) is 11.9. The van der Waals surface area contributed by atoms with E-state index in [0.717, 1.165) is 23.3 Å². The second-order valence-electron chi connectivity index (χ2n) is 4.26. The van der Waals surface area contributed by atoms with Crippen LogP contribution in [0.4, 0.5) is 0 Å². The molecule has 0 fully saturated rings. The summed E-state index contributed by atoms with van der Waals surface area (Å²) in [5.41, 5.74) is 1.59. The van der Waals surface area contributed by atoms with Crippen LogP contribution < -0.4 is 4.74 Å². The Kier molecular flexibility index (Phi) is 5.72. The second-order valence-corrected chi connectivity index (χ2v) is 4.26. The quantitative estimate of drug-likeness (QED) is 0.735. The van der Waals surface area contributed by atoms with Crippen LogP contribution in [0.1, 0.15) is 18.1 Å². The fourth-order valence-electron chi connectivity index (χ4n) is 1.76. The summed E-state index contributed by atoms with van der Waals surface area (Å²) in [6.07, 6.45) is 0.742. The molecule has 0 aromatic heterocycles. The summed E-state index contributed by atoms with van der Waals surface area (Å²) in [5, 5.41) is 27.3. The highest BCUT2D eigenvalue weighted by Gasteiger charge is 2.05. The monoisotopic (exact) mass is 276 g/mol. The van der Waals surface area contributed by atoms with Crippen LogP contribution in [-0.4, -0.2) is 22.4 Å². The van der Waals surface area contributed by atoms with Gasteiger partial charge in [0.25, 0.3) is 0 Å². The van der Waals surface area contributed by atoms with E-state index in [0.29, 0.717) is 0 Å². The molecule has 2 aromatic carbocycles. The maximum Gasteiger partial charge on any atom is 0.119 e. The molecule has 0 aliphatic carbocycles. The molecule has 0 amide bonds. The molecule has 0 radical (unpaired) electrons. The van der Waals surface area contributed by atoms with Crippen molar-refractivity contribution in [1.29, 1.82) is 0 Å². The molecule has 0 saturated carbocycles. The third-order valence-corrected chi connectivity index (χ3v) is 2.97. The number of benzene rings is 2. The van der Waals surface area contributed by atoms with E-state index < -0.39 is 0 Å². The zero-order chi connectivity index (χ0) is 15.1. The maximum atomic E-state index is 9.30. The highest BCUT2D eigenvalue weighted by atomic mass is 16.5. The van der Waals surface area contributed by atoms with E-state index >= 15 is 0 Å². The van der Waals surface area contributed by atoms with Gasteiger partial charge in [0.15, 0.2) is 0 Å². The largest absolute Gasteiger partial charge is 0.508 e. The van der Waals surface area contributed by atoms with Gasteiger partial charge in [-0.1, -0.05) is 6.92 Å². The minimum Gasteiger partial charge on any atom is -0.508 e. The fourth-order valence-corrected chi connectivity index (χ4v) is 1.76. The lowest BCUT2D eigenvalue weighted by molar-refractivity contribution is 0.412. The molecule has 0 aliphatic rings. The lowest BCUT2D eigenvalue weighted by Crippen LogP contribution is -1.87.